The lowest BCUT2D eigenvalue weighted by Crippen LogP contribution is -2.25. The number of carboxylic acids is 1. The van der Waals surface area contributed by atoms with Crippen LogP contribution in [0.4, 0.5) is 5.82 Å². The number of nitrogens with one attached hydrogen (secondary N) is 1. The number of carbonyl (C=O) groups is 1. The van der Waals surface area contributed by atoms with Crippen molar-refractivity contribution in [1.82, 2.24) is 9.97 Å². The highest BCUT2D eigenvalue weighted by Crippen LogP contribution is 2.32. The monoisotopic (exact) mass is 447 g/mol. The summed E-state index contributed by atoms with van der Waals surface area (Å²) in [5, 5.41) is 12.8. The summed E-state index contributed by atoms with van der Waals surface area (Å²) >= 11 is 0. The Kier molecular flexibility index (Phi) is 5.97. The maximum atomic E-state index is 11.6. The first kappa shape index (κ1) is 21.1. The van der Waals surface area contributed by atoms with Gasteiger partial charge >= 0.3 is 5.97 Å². The van der Waals surface area contributed by atoms with Crippen molar-refractivity contribution >= 4 is 11.8 Å². The van der Waals surface area contributed by atoms with E-state index in [2.05, 4.69) is 15.3 Å². The van der Waals surface area contributed by atoms with Gasteiger partial charge in [0.05, 0.1) is 11.8 Å². The molecule has 1 saturated carbocycles. The number of fused-ring (bicyclic) bond motifs is 1. The summed E-state index contributed by atoms with van der Waals surface area (Å²) in [7, 11) is 0. The first-order valence-corrected chi connectivity index (χ1v) is 11.1. The summed E-state index contributed by atoms with van der Waals surface area (Å²) in [6, 6.07) is 12.9. The van der Waals surface area contributed by atoms with E-state index >= 15 is 0 Å². The average Bonchev–Trinajstić information content (AvgIpc) is 2.81. The zero-order valence-corrected chi connectivity index (χ0v) is 18.1. The van der Waals surface area contributed by atoms with Crippen molar-refractivity contribution in [3.8, 4) is 28.5 Å². The minimum atomic E-state index is -1.000. The molecule has 5 rings (SSSR count). The Hall–Kier alpha value is -3.81. The number of aromatic nitrogens is 2. The second-order valence-corrected chi connectivity index (χ2v) is 8.13. The molecule has 170 valence electrons. The molecule has 1 fully saturated rings. The van der Waals surface area contributed by atoms with Crippen LogP contribution in [-0.4, -0.2) is 46.9 Å². The summed E-state index contributed by atoms with van der Waals surface area (Å²) in [6.45, 7) is 1.83. The molecule has 2 N–H and O–H groups in total. The predicted molar refractivity (Wildman–Crippen MR) is 122 cm³/mol. The van der Waals surface area contributed by atoms with Gasteiger partial charge < -0.3 is 24.6 Å². The number of hydrogen-bond acceptors (Lipinski definition) is 7. The van der Waals surface area contributed by atoms with Gasteiger partial charge in [-0.05, 0) is 55.5 Å². The zero-order valence-electron chi connectivity index (χ0n) is 18.1. The van der Waals surface area contributed by atoms with Gasteiger partial charge in [-0.2, -0.15) is 0 Å². The van der Waals surface area contributed by atoms with Gasteiger partial charge in [-0.15, -0.1) is 0 Å². The fourth-order valence-electron chi connectivity index (χ4n) is 3.81. The Morgan fingerprint density at radius 3 is 2.70 bits per heavy atom. The van der Waals surface area contributed by atoms with E-state index in [9.17, 15) is 9.90 Å². The van der Waals surface area contributed by atoms with Crippen molar-refractivity contribution in [2.24, 2.45) is 0 Å². The molecule has 3 aromatic rings. The molecule has 0 unspecified atom stereocenters. The van der Waals surface area contributed by atoms with E-state index in [4.69, 9.17) is 14.2 Å². The molecule has 0 atom stereocenters. The van der Waals surface area contributed by atoms with Crippen molar-refractivity contribution in [2.75, 3.05) is 25.1 Å². The van der Waals surface area contributed by atoms with Gasteiger partial charge in [-0.1, -0.05) is 12.1 Å². The van der Waals surface area contributed by atoms with Crippen LogP contribution in [0.25, 0.3) is 11.3 Å². The normalized spacial score (nSPS) is 14.9. The summed E-state index contributed by atoms with van der Waals surface area (Å²) < 4.78 is 17.1. The molecular weight excluding hydrogens is 422 g/mol. The van der Waals surface area contributed by atoms with Gasteiger partial charge in [0.25, 0.3) is 0 Å². The third-order valence-corrected chi connectivity index (χ3v) is 5.85. The number of hydrogen-bond donors (Lipinski definition) is 2. The number of anilines is 1. The van der Waals surface area contributed by atoms with Crippen molar-refractivity contribution < 1.29 is 24.1 Å². The number of nitrogens with zero attached hydrogens (tertiary/aromatic N) is 2. The van der Waals surface area contributed by atoms with Gasteiger partial charge in [0.15, 0.2) is 11.5 Å². The number of aromatic carboxylic acids is 1. The van der Waals surface area contributed by atoms with Gasteiger partial charge in [-0.25, -0.2) is 14.8 Å². The Morgan fingerprint density at radius 2 is 1.91 bits per heavy atom. The molecule has 1 aliphatic carbocycles. The maximum Gasteiger partial charge on any atom is 0.339 e. The number of rotatable bonds is 8. The number of benzene rings is 2. The SMILES string of the molecule is O=C(O)c1ccc(-c2cc(NCCc3ccc4c(c3)OCCO4)ncn2)cc1OC1CCC1. The van der Waals surface area contributed by atoms with Gasteiger partial charge in [0.1, 0.15) is 36.7 Å². The van der Waals surface area contributed by atoms with E-state index in [1.54, 1.807) is 18.2 Å². The van der Waals surface area contributed by atoms with Crippen LogP contribution in [0.15, 0.2) is 48.8 Å². The molecule has 0 saturated heterocycles. The van der Waals surface area contributed by atoms with Crippen molar-refractivity contribution in [1.29, 1.82) is 0 Å². The molecule has 2 aromatic carbocycles. The van der Waals surface area contributed by atoms with E-state index < -0.39 is 5.97 Å². The predicted octanol–water partition coefficient (Wildman–Crippen LogP) is 4.20. The molecule has 1 aromatic heterocycles. The van der Waals surface area contributed by atoms with Crippen LogP contribution >= 0.6 is 0 Å². The van der Waals surface area contributed by atoms with Crippen molar-refractivity contribution in [3.05, 3.63) is 59.9 Å². The third kappa shape index (κ3) is 4.84. The lowest BCUT2D eigenvalue weighted by atomic mass is 9.96. The standard InChI is InChI=1S/C25H25N3O5/c29-25(30)19-6-5-17(13-22(19)33-18-2-1-3-18)20-14-24(28-15-27-20)26-9-8-16-4-7-21-23(12-16)32-11-10-31-21/h4-7,12-15,18H,1-3,8-11H2,(H,29,30)(H,26,27,28). The van der Waals surface area contributed by atoms with Crippen LogP contribution in [-0.2, 0) is 6.42 Å². The number of carboxylic acid groups (broad SMARTS) is 1. The van der Waals surface area contributed by atoms with E-state index in [1.165, 1.54) is 6.33 Å². The van der Waals surface area contributed by atoms with Crippen LogP contribution in [0.1, 0.15) is 35.2 Å². The largest absolute Gasteiger partial charge is 0.490 e. The van der Waals surface area contributed by atoms with Crippen molar-refractivity contribution in [2.45, 2.75) is 31.8 Å². The fourth-order valence-corrected chi connectivity index (χ4v) is 3.81. The van der Waals surface area contributed by atoms with Crippen LogP contribution in [0.2, 0.25) is 0 Å². The topological polar surface area (TPSA) is 103 Å². The lowest BCUT2D eigenvalue weighted by Gasteiger charge is -2.27. The molecule has 0 spiro atoms. The highest BCUT2D eigenvalue weighted by atomic mass is 16.6. The van der Waals surface area contributed by atoms with Gasteiger partial charge in [0, 0.05) is 18.2 Å². The first-order valence-electron chi connectivity index (χ1n) is 11.1. The third-order valence-electron chi connectivity index (χ3n) is 5.85. The summed E-state index contributed by atoms with van der Waals surface area (Å²) in [4.78, 5) is 20.3. The molecule has 1 aliphatic heterocycles. The minimum absolute atomic E-state index is 0.0848. The summed E-state index contributed by atoms with van der Waals surface area (Å²) in [5.74, 6) is 1.65. The van der Waals surface area contributed by atoms with Gasteiger partial charge in [0.2, 0.25) is 0 Å². The second kappa shape index (κ2) is 9.36. The van der Waals surface area contributed by atoms with E-state index in [1.807, 2.05) is 24.3 Å². The van der Waals surface area contributed by atoms with Crippen LogP contribution in [0, 0.1) is 0 Å². The minimum Gasteiger partial charge on any atom is -0.490 e. The molecule has 2 heterocycles. The Bertz CT molecular complexity index is 1160. The second-order valence-electron chi connectivity index (χ2n) is 8.13. The number of ether oxygens (including phenoxy) is 3. The fraction of sp³-hybridized carbons (Fsp3) is 0.320. The molecule has 0 bridgehead atoms. The molecule has 8 nitrogen and oxygen atoms in total. The molecule has 2 aliphatic rings. The molecule has 0 radical (unpaired) electrons. The Labute approximate surface area is 191 Å². The maximum absolute atomic E-state index is 11.6. The Morgan fingerprint density at radius 1 is 1.06 bits per heavy atom. The van der Waals surface area contributed by atoms with E-state index in [0.717, 1.165) is 48.3 Å². The molecule has 0 amide bonds. The molecular formula is C25H25N3O5. The van der Waals surface area contributed by atoms with Crippen LogP contribution in [0.3, 0.4) is 0 Å². The van der Waals surface area contributed by atoms with Crippen LogP contribution < -0.4 is 19.5 Å². The summed E-state index contributed by atoms with van der Waals surface area (Å²) in [6.07, 6.45) is 5.39. The van der Waals surface area contributed by atoms with Gasteiger partial charge in [-0.3, -0.25) is 0 Å². The van der Waals surface area contributed by atoms with Crippen molar-refractivity contribution in [3.63, 3.8) is 0 Å². The smallest absolute Gasteiger partial charge is 0.339 e. The Balaban J connectivity index is 1.27. The van der Waals surface area contributed by atoms with E-state index in [-0.39, 0.29) is 11.7 Å². The lowest BCUT2D eigenvalue weighted by molar-refractivity contribution is 0.0680. The highest BCUT2D eigenvalue weighted by Gasteiger charge is 2.22. The molecule has 33 heavy (non-hydrogen) atoms. The highest BCUT2D eigenvalue weighted by molar-refractivity contribution is 5.92. The zero-order chi connectivity index (χ0) is 22.6. The average molecular weight is 447 g/mol. The first-order chi connectivity index (χ1) is 16.2. The quantitative estimate of drug-likeness (QED) is 0.530. The van der Waals surface area contributed by atoms with E-state index in [0.29, 0.717) is 37.0 Å². The molecule has 8 heteroatoms. The summed E-state index contributed by atoms with van der Waals surface area (Å²) in [5.41, 5.74) is 2.79. The van der Waals surface area contributed by atoms with Crippen LogP contribution in [0.5, 0.6) is 17.2 Å².